The average Bonchev–Trinajstić information content (AvgIpc) is 3.20. The van der Waals surface area contributed by atoms with Crippen LogP contribution in [0.3, 0.4) is 0 Å². The summed E-state index contributed by atoms with van der Waals surface area (Å²) in [5, 5.41) is 4.63. The zero-order valence-corrected chi connectivity index (χ0v) is 16.8. The minimum absolute atomic E-state index is 0.186. The van der Waals surface area contributed by atoms with Gasteiger partial charge in [0, 0.05) is 18.8 Å². The van der Waals surface area contributed by atoms with Crippen LogP contribution in [-0.2, 0) is 16.6 Å². The van der Waals surface area contributed by atoms with E-state index in [9.17, 15) is 8.42 Å². The number of anilines is 1. The molecule has 4 aromatic rings. The number of para-hydroxylation sites is 1. The molecule has 0 aliphatic rings. The summed E-state index contributed by atoms with van der Waals surface area (Å²) in [6.07, 6.45) is 1.62. The average molecular weight is 404 g/mol. The van der Waals surface area contributed by atoms with Gasteiger partial charge >= 0.3 is 0 Å². The molecule has 0 atom stereocenters. The van der Waals surface area contributed by atoms with Crippen molar-refractivity contribution in [2.24, 2.45) is 0 Å². The molecule has 0 saturated carbocycles. The van der Waals surface area contributed by atoms with E-state index in [2.05, 4.69) is 5.10 Å². The molecule has 29 heavy (non-hydrogen) atoms. The van der Waals surface area contributed by atoms with E-state index < -0.39 is 10.0 Å². The fourth-order valence-corrected chi connectivity index (χ4v) is 4.52. The molecule has 0 aliphatic carbocycles. The highest BCUT2D eigenvalue weighted by molar-refractivity contribution is 7.93. The van der Waals surface area contributed by atoms with Crippen LogP contribution in [0, 0.1) is 0 Å². The second-order valence-corrected chi connectivity index (χ2v) is 8.64. The lowest BCUT2D eigenvalue weighted by molar-refractivity contribution is 0.594. The first kappa shape index (κ1) is 19.0. The molecule has 0 aliphatic heterocycles. The van der Waals surface area contributed by atoms with Crippen molar-refractivity contribution in [2.75, 3.05) is 11.4 Å². The lowest BCUT2D eigenvalue weighted by Crippen LogP contribution is -2.26. The van der Waals surface area contributed by atoms with Gasteiger partial charge in [-0.3, -0.25) is 8.99 Å². The number of benzene rings is 3. The molecule has 0 fully saturated rings. The van der Waals surface area contributed by atoms with Crippen LogP contribution in [0.2, 0.25) is 0 Å². The fourth-order valence-electron chi connectivity index (χ4n) is 3.16. The SMILES string of the molecule is CN(c1ccccc1)S(=O)(=O)c1cn(Cc2ccccc2)nc1-c1ccccc1. The molecule has 0 amide bonds. The van der Waals surface area contributed by atoms with Gasteiger partial charge < -0.3 is 0 Å². The van der Waals surface area contributed by atoms with Crippen LogP contribution >= 0.6 is 0 Å². The first-order chi connectivity index (χ1) is 14.1. The summed E-state index contributed by atoms with van der Waals surface area (Å²) >= 11 is 0. The predicted molar refractivity (Wildman–Crippen MR) is 115 cm³/mol. The van der Waals surface area contributed by atoms with E-state index in [4.69, 9.17) is 0 Å². The van der Waals surface area contributed by atoms with Gasteiger partial charge in [0.1, 0.15) is 10.6 Å². The molecule has 0 radical (unpaired) electrons. The maximum atomic E-state index is 13.5. The van der Waals surface area contributed by atoms with Gasteiger partial charge in [-0.1, -0.05) is 78.9 Å². The van der Waals surface area contributed by atoms with Crippen molar-refractivity contribution in [3.8, 4) is 11.3 Å². The highest BCUT2D eigenvalue weighted by Gasteiger charge is 2.28. The molecule has 0 spiro atoms. The monoisotopic (exact) mass is 403 g/mol. The van der Waals surface area contributed by atoms with Crippen LogP contribution in [0.4, 0.5) is 5.69 Å². The Morgan fingerprint density at radius 2 is 1.38 bits per heavy atom. The van der Waals surface area contributed by atoms with Crippen LogP contribution in [0.1, 0.15) is 5.56 Å². The molecular weight excluding hydrogens is 382 g/mol. The van der Waals surface area contributed by atoms with E-state index in [1.165, 1.54) is 4.31 Å². The van der Waals surface area contributed by atoms with Gasteiger partial charge in [-0.05, 0) is 17.7 Å². The Bertz CT molecular complexity index is 1190. The Kier molecular flexibility index (Phi) is 5.18. The van der Waals surface area contributed by atoms with Crippen molar-refractivity contribution < 1.29 is 8.42 Å². The minimum atomic E-state index is -3.79. The third-order valence-electron chi connectivity index (χ3n) is 4.72. The van der Waals surface area contributed by atoms with Crippen LogP contribution in [-0.4, -0.2) is 25.2 Å². The molecule has 146 valence electrons. The standard InChI is InChI=1S/C23H21N3O2S/c1-25(21-15-9-4-10-16-21)29(27,28)22-18-26(17-19-11-5-2-6-12-19)24-23(22)20-13-7-3-8-14-20/h2-16,18H,17H2,1H3. The van der Waals surface area contributed by atoms with Crippen LogP contribution in [0.5, 0.6) is 0 Å². The molecule has 0 bridgehead atoms. The normalized spacial score (nSPS) is 11.3. The summed E-state index contributed by atoms with van der Waals surface area (Å²) in [4.78, 5) is 0.186. The van der Waals surface area contributed by atoms with E-state index in [0.29, 0.717) is 17.9 Å². The Morgan fingerprint density at radius 3 is 2.00 bits per heavy atom. The summed E-state index contributed by atoms with van der Waals surface area (Å²) < 4.78 is 29.9. The first-order valence-corrected chi connectivity index (χ1v) is 10.7. The van der Waals surface area contributed by atoms with Crippen LogP contribution in [0.15, 0.2) is 102 Å². The minimum Gasteiger partial charge on any atom is -0.269 e. The largest absolute Gasteiger partial charge is 0.269 e. The van der Waals surface area contributed by atoms with E-state index in [0.717, 1.165) is 11.1 Å². The van der Waals surface area contributed by atoms with E-state index in [1.54, 1.807) is 30.1 Å². The summed E-state index contributed by atoms with van der Waals surface area (Å²) in [5.74, 6) is 0. The van der Waals surface area contributed by atoms with Gasteiger partial charge in [0.2, 0.25) is 0 Å². The number of rotatable bonds is 6. The van der Waals surface area contributed by atoms with Gasteiger partial charge in [-0.2, -0.15) is 5.10 Å². The lowest BCUT2D eigenvalue weighted by atomic mass is 10.2. The molecule has 6 heteroatoms. The second kappa shape index (κ2) is 7.93. The van der Waals surface area contributed by atoms with Crippen LogP contribution < -0.4 is 4.31 Å². The van der Waals surface area contributed by atoms with E-state index >= 15 is 0 Å². The zero-order valence-electron chi connectivity index (χ0n) is 16.0. The third kappa shape index (κ3) is 3.93. The quantitative estimate of drug-likeness (QED) is 0.479. The zero-order chi connectivity index (χ0) is 20.3. The molecule has 0 unspecified atom stereocenters. The highest BCUT2D eigenvalue weighted by Crippen LogP contribution is 2.30. The molecule has 1 heterocycles. The van der Waals surface area contributed by atoms with E-state index in [-0.39, 0.29) is 4.90 Å². The lowest BCUT2D eigenvalue weighted by Gasteiger charge is -2.19. The van der Waals surface area contributed by atoms with Crippen LogP contribution in [0.25, 0.3) is 11.3 Å². The number of hydrogen-bond acceptors (Lipinski definition) is 3. The van der Waals surface area contributed by atoms with Crippen molar-refractivity contribution in [1.82, 2.24) is 9.78 Å². The third-order valence-corrected chi connectivity index (χ3v) is 6.51. The number of aromatic nitrogens is 2. The molecule has 0 N–H and O–H groups in total. The molecular formula is C23H21N3O2S. The number of hydrogen-bond donors (Lipinski definition) is 0. The Hall–Kier alpha value is -3.38. The number of sulfonamides is 1. The summed E-state index contributed by atoms with van der Waals surface area (Å²) in [7, 11) is -2.23. The Labute approximate surface area is 170 Å². The first-order valence-electron chi connectivity index (χ1n) is 9.26. The number of nitrogens with zero attached hydrogens (tertiary/aromatic N) is 3. The predicted octanol–water partition coefficient (Wildman–Crippen LogP) is 4.42. The molecule has 1 aromatic heterocycles. The topological polar surface area (TPSA) is 55.2 Å². The Morgan fingerprint density at radius 1 is 0.828 bits per heavy atom. The van der Waals surface area contributed by atoms with Crippen molar-refractivity contribution in [3.63, 3.8) is 0 Å². The van der Waals surface area contributed by atoms with Gasteiger partial charge in [0.15, 0.2) is 0 Å². The molecule has 0 saturated heterocycles. The van der Waals surface area contributed by atoms with Crippen molar-refractivity contribution in [2.45, 2.75) is 11.4 Å². The summed E-state index contributed by atoms with van der Waals surface area (Å²) in [6, 6.07) is 28.3. The van der Waals surface area contributed by atoms with Gasteiger partial charge in [0.25, 0.3) is 10.0 Å². The van der Waals surface area contributed by atoms with Gasteiger partial charge in [-0.15, -0.1) is 0 Å². The molecule has 4 rings (SSSR count). The maximum absolute atomic E-state index is 13.5. The maximum Gasteiger partial charge on any atom is 0.267 e. The van der Waals surface area contributed by atoms with Gasteiger partial charge in [0.05, 0.1) is 12.2 Å². The molecule has 5 nitrogen and oxygen atoms in total. The fraction of sp³-hybridized carbons (Fsp3) is 0.0870. The van der Waals surface area contributed by atoms with Gasteiger partial charge in [-0.25, -0.2) is 8.42 Å². The smallest absolute Gasteiger partial charge is 0.267 e. The summed E-state index contributed by atoms with van der Waals surface area (Å²) in [6.45, 7) is 0.491. The van der Waals surface area contributed by atoms with Crippen molar-refractivity contribution in [1.29, 1.82) is 0 Å². The molecule has 3 aromatic carbocycles. The van der Waals surface area contributed by atoms with Crippen molar-refractivity contribution >= 4 is 15.7 Å². The van der Waals surface area contributed by atoms with E-state index in [1.807, 2.05) is 78.9 Å². The summed E-state index contributed by atoms with van der Waals surface area (Å²) in [5.41, 5.74) is 2.86. The Balaban J connectivity index is 1.80. The second-order valence-electron chi connectivity index (χ2n) is 6.70. The highest BCUT2D eigenvalue weighted by atomic mass is 32.2. The van der Waals surface area contributed by atoms with Crippen molar-refractivity contribution in [3.05, 3.63) is 103 Å².